The molecule has 2 N–H and O–H groups in total. The van der Waals surface area contributed by atoms with Crippen LogP contribution in [0, 0.1) is 0 Å². The molecule has 0 spiro atoms. The maximum Gasteiger partial charge on any atom is 0.0251 e. The van der Waals surface area contributed by atoms with Gasteiger partial charge in [-0.3, -0.25) is 0 Å². The summed E-state index contributed by atoms with van der Waals surface area (Å²) in [6, 6.07) is 0. The van der Waals surface area contributed by atoms with Crippen molar-refractivity contribution in [3.63, 3.8) is 0 Å². The second-order valence-electron chi connectivity index (χ2n) is 2.47. The number of nitrogens with one attached hydrogen (secondary N) is 2. The van der Waals surface area contributed by atoms with Crippen molar-refractivity contribution in [2.24, 2.45) is 0 Å². The zero-order chi connectivity index (χ0) is 5.91. The third-order valence-electron chi connectivity index (χ3n) is 0.422. The summed E-state index contributed by atoms with van der Waals surface area (Å²) in [6.07, 6.45) is 0. The molecule has 0 aliphatic rings. The minimum Gasteiger partial charge on any atom is -0.238 e. The van der Waals surface area contributed by atoms with Crippen molar-refractivity contribution in [3.8, 4) is 0 Å². The summed E-state index contributed by atoms with van der Waals surface area (Å²) in [5, 5.41) is 0. The molecular formula is C4H11ClN2. The summed E-state index contributed by atoms with van der Waals surface area (Å²) in [5.74, 6) is 0. The lowest BCUT2D eigenvalue weighted by Crippen LogP contribution is -2.41. The summed E-state index contributed by atoms with van der Waals surface area (Å²) in [4.78, 5) is 2.33. The van der Waals surface area contributed by atoms with Gasteiger partial charge >= 0.3 is 0 Å². The van der Waals surface area contributed by atoms with Crippen LogP contribution in [-0.4, -0.2) is 5.54 Å². The molecular weight excluding hydrogens is 112 g/mol. The Morgan fingerprint density at radius 3 is 1.71 bits per heavy atom. The second kappa shape index (κ2) is 2.50. The molecule has 0 aromatic rings. The molecule has 0 fully saturated rings. The fourth-order valence-electron chi connectivity index (χ4n) is 0.142. The van der Waals surface area contributed by atoms with E-state index in [1.165, 1.54) is 0 Å². The topological polar surface area (TPSA) is 24.1 Å². The van der Waals surface area contributed by atoms with Crippen molar-refractivity contribution in [1.29, 1.82) is 0 Å². The Morgan fingerprint density at radius 1 is 1.29 bits per heavy atom. The normalized spacial score (nSPS) is 12.0. The smallest absolute Gasteiger partial charge is 0.0251 e. The molecule has 0 radical (unpaired) electrons. The predicted molar refractivity (Wildman–Crippen MR) is 31.9 cm³/mol. The van der Waals surface area contributed by atoms with Gasteiger partial charge in [-0.05, 0) is 32.5 Å². The highest BCUT2D eigenvalue weighted by atomic mass is 35.5. The van der Waals surface area contributed by atoms with Crippen LogP contribution in [0.2, 0.25) is 0 Å². The Hall–Kier alpha value is 0.210. The van der Waals surface area contributed by atoms with Gasteiger partial charge in [0.05, 0.1) is 0 Å². The highest BCUT2D eigenvalue weighted by molar-refractivity contribution is 6.13. The lowest BCUT2D eigenvalue weighted by Gasteiger charge is -2.17. The van der Waals surface area contributed by atoms with Crippen molar-refractivity contribution in [2.45, 2.75) is 26.3 Å². The third-order valence-corrected chi connectivity index (χ3v) is 0.517. The van der Waals surface area contributed by atoms with Crippen molar-refractivity contribution in [3.05, 3.63) is 0 Å². The van der Waals surface area contributed by atoms with Gasteiger partial charge in [-0.25, -0.2) is 5.43 Å². The van der Waals surface area contributed by atoms with Gasteiger partial charge in [0.25, 0.3) is 0 Å². The van der Waals surface area contributed by atoms with E-state index in [9.17, 15) is 0 Å². The van der Waals surface area contributed by atoms with Gasteiger partial charge in [0.1, 0.15) is 0 Å². The lowest BCUT2D eigenvalue weighted by molar-refractivity contribution is 0.412. The van der Waals surface area contributed by atoms with E-state index in [-0.39, 0.29) is 5.54 Å². The van der Waals surface area contributed by atoms with E-state index >= 15 is 0 Å². The molecule has 0 atom stereocenters. The first-order chi connectivity index (χ1) is 3.06. The first-order valence-corrected chi connectivity index (χ1v) is 2.57. The maximum atomic E-state index is 5.13. The van der Waals surface area contributed by atoms with E-state index in [2.05, 4.69) is 10.4 Å². The Morgan fingerprint density at radius 2 is 1.71 bits per heavy atom. The molecule has 0 aliphatic carbocycles. The number of hydrogen-bond acceptors (Lipinski definition) is 2. The summed E-state index contributed by atoms with van der Waals surface area (Å²) in [7, 11) is 0. The molecule has 0 saturated heterocycles. The average Bonchev–Trinajstić information content (AvgIpc) is 1.30. The molecule has 0 saturated carbocycles. The number of halogens is 1. The molecule has 2 nitrogen and oxygen atoms in total. The number of hydrazine groups is 1. The van der Waals surface area contributed by atoms with Crippen molar-refractivity contribution in [2.75, 3.05) is 0 Å². The van der Waals surface area contributed by atoms with Crippen molar-refractivity contribution < 1.29 is 0 Å². The zero-order valence-electron chi connectivity index (χ0n) is 4.88. The maximum absolute atomic E-state index is 5.13. The quantitative estimate of drug-likeness (QED) is 0.401. The van der Waals surface area contributed by atoms with Crippen molar-refractivity contribution >= 4 is 11.8 Å². The minimum atomic E-state index is 0.0573. The molecule has 0 bridgehead atoms. The van der Waals surface area contributed by atoms with Crippen LogP contribution in [0.25, 0.3) is 0 Å². The van der Waals surface area contributed by atoms with Gasteiger partial charge in [0.15, 0.2) is 0 Å². The van der Waals surface area contributed by atoms with Crippen LogP contribution in [0.3, 0.4) is 0 Å². The predicted octanol–water partition coefficient (Wildman–Crippen LogP) is 1.03. The van der Waals surface area contributed by atoms with Gasteiger partial charge in [-0.2, -0.15) is 4.94 Å². The molecule has 0 rings (SSSR count). The molecule has 0 aliphatic heterocycles. The van der Waals surface area contributed by atoms with Gasteiger partial charge in [0.2, 0.25) is 0 Å². The largest absolute Gasteiger partial charge is 0.238 e. The molecule has 0 heterocycles. The molecule has 0 amide bonds. The van der Waals surface area contributed by atoms with E-state index in [0.29, 0.717) is 0 Å². The Balaban J connectivity index is 3.15. The van der Waals surface area contributed by atoms with Crippen LogP contribution < -0.4 is 10.4 Å². The third kappa shape index (κ3) is 6.21. The molecule has 44 valence electrons. The molecule has 7 heavy (non-hydrogen) atoms. The molecule has 0 aromatic heterocycles. The summed E-state index contributed by atoms with van der Waals surface area (Å²) >= 11 is 5.13. The monoisotopic (exact) mass is 122 g/mol. The van der Waals surface area contributed by atoms with Gasteiger partial charge in [-0.1, -0.05) is 0 Å². The van der Waals surface area contributed by atoms with Crippen LogP contribution in [0.4, 0.5) is 0 Å². The standard InChI is InChI=1S/C4H11ClN2/c1-4(2,3)6-7-5/h6-7H,1-3H3. The van der Waals surface area contributed by atoms with E-state index < -0.39 is 0 Å². The first kappa shape index (κ1) is 7.21. The number of hydrogen-bond donors (Lipinski definition) is 2. The van der Waals surface area contributed by atoms with E-state index in [4.69, 9.17) is 11.8 Å². The molecule has 0 unspecified atom stereocenters. The highest BCUT2D eigenvalue weighted by Gasteiger charge is 2.05. The van der Waals surface area contributed by atoms with Crippen LogP contribution >= 0.6 is 11.8 Å². The highest BCUT2D eigenvalue weighted by Crippen LogP contribution is 1.94. The lowest BCUT2D eigenvalue weighted by atomic mass is 10.1. The fraction of sp³-hybridized carbons (Fsp3) is 1.00. The summed E-state index contributed by atoms with van der Waals surface area (Å²) in [5.41, 5.74) is 2.86. The van der Waals surface area contributed by atoms with Gasteiger partial charge in [-0.15, -0.1) is 0 Å². The molecule has 0 aromatic carbocycles. The summed E-state index contributed by atoms with van der Waals surface area (Å²) < 4.78 is 0. The summed E-state index contributed by atoms with van der Waals surface area (Å²) in [6.45, 7) is 6.05. The minimum absolute atomic E-state index is 0.0573. The van der Waals surface area contributed by atoms with Crippen LogP contribution in [0.1, 0.15) is 20.8 Å². The Labute approximate surface area is 49.3 Å². The van der Waals surface area contributed by atoms with Crippen LogP contribution in [0.15, 0.2) is 0 Å². The van der Waals surface area contributed by atoms with Crippen LogP contribution in [-0.2, 0) is 0 Å². The molecule has 3 heteroatoms. The SMILES string of the molecule is CC(C)(C)NNCl. The van der Waals surface area contributed by atoms with E-state index in [0.717, 1.165) is 0 Å². The van der Waals surface area contributed by atoms with E-state index in [1.807, 2.05) is 20.8 Å². The first-order valence-electron chi connectivity index (χ1n) is 2.19. The van der Waals surface area contributed by atoms with Crippen LogP contribution in [0.5, 0.6) is 0 Å². The zero-order valence-corrected chi connectivity index (χ0v) is 5.63. The van der Waals surface area contributed by atoms with E-state index in [1.54, 1.807) is 0 Å². The van der Waals surface area contributed by atoms with Gasteiger partial charge in [0, 0.05) is 5.54 Å². The van der Waals surface area contributed by atoms with Gasteiger partial charge < -0.3 is 0 Å². The number of rotatable bonds is 1. The Kier molecular flexibility index (Phi) is 2.58. The Bertz CT molecular complexity index is 48.1. The second-order valence-corrected chi connectivity index (χ2v) is 2.66. The average molecular weight is 123 g/mol. The fourth-order valence-corrected chi connectivity index (χ4v) is 0.425. The van der Waals surface area contributed by atoms with Crippen molar-refractivity contribution in [1.82, 2.24) is 10.4 Å².